The smallest absolute Gasteiger partial charge is 0.342 e. The van der Waals surface area contributed by atoms with Crippen molar-refractivity contribution < 1.29 is 14.3 Å². The van der Waals surface area contributed by atoms with Crippen molar-refractivity contribution in [3.8, 4) is 0 Å². The van der Waals surface area contributed by atoms with Gasteiger partial charge in [0.25, 0.3) is 0 Å². The number of nitrogen functional groups attached to an aromatic ring is 1. The van der Waals surface area contributed by atoms with Gasteiger partial charge in [0.15, 0.2) is 0 Å². The van der Waals surface area contributed by atoms with E-state index in [1.165, 1.54) is 0 Å². The van der Waals surface area contributed by atoms with Crippen molar-refractivity contribution in [2.45, 2.75) is 46.3 Å². The number of thiophene rings is 1. The number of hydrogen-bond acceptors (Lipinski definition) is 6. The highest BCUT2D eigenvalue weighted by atomic mass is 32.1. The Bertz CT molecular complexity index is 765. The minimum absolute atomic E-state index is 0.234. The number of hydrogen-bond donors (Lipinski definition) is 1. The fourth-order valence-corrected chi connectivity index (χ4v) is 4.05. The Labute approximate surface area is 133 Å². The van der Waals surface area contributed by atoms with Crippen molar-refractivity contribution in [3.63, 3.8) is 0 Å². The summed E-state index contributed by atoms with van der Waals surface area (Å²) in [6.07, 6.45) is 0.763. The van der Waals surface area contributed by atoms with E-state index in [2.05, 4.69) is 18.8 Å². The third kappa shape index (κ3) is 2.36. The normalized spacial score (nSPS) is 16.5. The van der Waals surface area contributed by atoms with E-state index in [4.69, 9.17) is 15.2 Å². The molecule has 0 aliphatic carbocycles. The monoisotopic (exact) mass is 320 g/mol. The van der Waals surface area contributed by atoms with Crippen LogP contribution in [0.2, 0.25) is 0 Å². The van der Waals surface area contributed by atoms with Gasteiger partial charge < -0.3 is 15.2 Å². The lowest BCUT2D eigenvalue weighted by Crippen LogP contribution is -2.31. The molecule has 0 unspecified atom stereocenters. The van der Waals surface area contributed by atoms with Crippen molar-refractivity contribution in [2.75, 3.05) is 12.3 Å². The molecule has 0 saturated carbocycles. The van der Waals surface area contributed by atoms with Crippen molar-refractivity contribution in [1.29, 1.82) is 0 Å². The van der Waals surface area contributed by atoms with Crippen LogP contribution < -0.4 is 5.73 Å². The molecule has 0 atom stereocenters. The fraction of sp³-hybridized carbons (Fsp3) is 0.500. The standard InChI is InChI=1S/C16H20N2O3S/c1-5-20-15(19)11-8(2)18-14-12(13(11)17)9-6-16(3,4)21-7-10(9)22-14/h5-7H2,1-4H3,(H2,17,18). The zero-order valence-electron chi connectivity index (χ0n) is 13.3. The number of esters is 1. The quantitative estimate of drug-likeness (QED) is 0.860. The summed E-state index contributed by atoms with van der Waals surface area (Å²) in [5.74, 6) is -0.404. The van der Waals surface area contributed by atoms with Crippen LogP contribution in [0.4, 0.5) is 5.69 Å². The summed E-state index contributed by atoms with van der Waals surface area (Å²) in [6, 6.07) is 0. The second-order valence-electron chi connectivity index (χ2n) is 6.12. The molecule has 2 N–H and O–H groups in total. The SMILES string of the molecule is CCOC(=O)c1c(C)nc2sc3c(c2c1N)CC(C)(C)OC3. The van der Waals surface area contributed by atoms with Crippen LogP contribution in [0.25, 0.3) is 10.2 Å². The zero-order chi connectivity index (χ0) is 16.1. The van der Waals surface area contributed by atoms with E-state index < -0.39 is 5.97 Å². The molecule has 22 heavy (non-hydrogen) atoms. The molecule has 0 aromatic carbocycles. The van der Waals surface area contributed by atoms with Crippen LogP contribution in [-0.4, -0.2) is 23.2 Å². The third-order valence-corrected chi connectivity index (χ3v) is 5.02. The average molecular weight is 320 g/mol. The molecule has 5 nitrogen and oxygen atoms in total. The fourth-order valence-electron chi connectivity index (χ4n) is 2.88. The second-order valence-corrected chi connectivity index (χ2v) is 7.20. The molecule has 2 aromatic rings. The van der Waals surface area contributed by atoms with Gasteiger partial charge in [-0.15, -0.1) is 11.3 Å². The maximum absolute atomic E-state index is 12.2. The number of carbonyl (C=O) groups excluding carboxylic acids is 1. The first-order valence-electron chi connectivity index (χ1n) is 7.35. The lowest BCUT2D eigenvalue weighted by atomic mass is 9.93. The zero-order valence-corrected chi connectivity index (χ0v) is 14.1. The molecule has 6 heteroatoms. The molecule has 0 fully saturated rings. The van der Waals surface area contributed by atoms with Crippen molar-refractivity contribution in [3.05, 3.63) is 21.7 Å². The summed E-state index contributed by atoms with van der Waals surface area (Å²) < 4.78 is 11.0. The molecule has 1 aliphatic heterocycles. The topological polar surface area (TPSA) is 74.4 Å². The number of aryl methyl sites for hydroxylation is 1. The molecule has 3 rings (SSSR count). The number of carbonyl (C=O) groups is 1. The molecular formula is C16H20N2O3S. The van der Waals surface area contributed by atoms with Crippen LogP contribution in [0.3, 0.4) is 0 Å². The first-order valence-corrected chi connectivity index (χ1v) is 8.17. The molecule has 0 spiro atoms. The van der Waals surface area contributed by atoms with E-state index in [9.17, 15) is 4.79 Å². The number of rotatable bonds is 2. The maximum atomic E-state index is 12.2. The Morgan fingerprint density at radius 1 is 1.50 bits per heavy atom. The number of nitrogens with zero attached hydrogens (tertiary/aromatic N) is 1. The van der Waals surface area contributed by atoms with Crippen LogP contribution in [0.15, 0.2) is 0 Å². The highest BCUT2D eigenvalue weighted by Crippen LogP contribution is 2.42. The second kappa shape index (κ2) is 5.21. The Balaban J connectivity index is 2.23. The van der Waals surface area contributed by atoms with E-state index in [0.717, 1.165) is 27.1 Å². The van der Waals surface area contributed by atoms with Gasteiger partial charge >= 0.3 is 5.97 Å². The van der Waals surface area contributed by atoms with Crippen LogP contribution in [0.5, 0.6) is 0 Å². The highest BCUT2D eigenvalue weighted by molar-refractivity contribution is 7.19. The van der Waals surface area contributed by atoms with Gasteiger partial charge in [0.05, 0.1) is 30.2 Å². The van der Waals surface area contributed by atoms with E-state index in [1.807, 2.05) is 0 Å². The van der Waals surface area contributed by atoms with Gasteiger partial charge in [-0.1, -0.05) is 0 Å². The molecule has 118 valence electrons. The molecular weight excluding hydrogens is 300 g/mol. The summed E-state index contributed by atoms with van der Waals surface area (Å²) in [5.41, 5.74) is 8.74. The number of anilines is 1. The predicted octanol–water partition coefficient (Wildman–Crippen LogP) is 3.21. The van der Waals surface area contributed by atoms with E-state index in [-0.39, 0.29) is 5.60 Å². The number of nitrogens with two attached hydrogens (primary N) is 1. The van der Waals surface area contributed by atoms with Crippen molar-refractivity contribution in [1.82, 2.24) is 4.98 Å². The van der Waals surface area contributed by atoms with Crippen molar-refractivity contribution in [2.24, 2.45) is 0 Å². The lowest BCUT2D eigenvalue weighted by Gasteiger charge is -2.30. The number of pyridine rings is 1. The molecule has 0 radical (unpaired) electrons. The van der Waals surface area contributed by atoms with E-state index >= 15 is 0 Å². The Morgan fingerprint density at radius 2 is 2.23 bits per heavy atom. The first-order chi connectivity index (χ1) is 10.3. The number of ether oxygens (including phenoxy) is 2. The predicted molar refractivity (Wildman–Crippen MR) is 87.3 cm³/mol. The molecule has 0 amide bonds. The van der Waals surface area contributed by atoms with Crippen LogP contribution in [0.1, 0.15) is 47.3 Å². The summed E-state index contributed by atoms with van der Waals surface area (Å²) in [4.78, 5) is 18.8. The summed E-state index contributed by atoms with van der Waals surface area (Å²) >= 11 is 1.59. The number of aromatic nitrogens is 1. The summed E-state index contributed by atoms with van der Waals surface area (Å²) in [5, 5.41) is 0.894. The molecule has 1 aliphatic rings. The Kier molecular flexibility index (Phi) is 3.61. The van der Waals surface area contributed by atoms with Gasteiger partial charge in [0.1, 0.15) is 10.4 Å². The average Bonchev–Trinajstić information content (AvgIpc) is 2.75. The Hall–Kier alpha value is -1.66. The highest BCUT2D eigenvalue weighted by Gasteiger charge is 2.31. The summed E-state index contributed by atoms with van der Waals surface area (Å²) in [6.45, 7) is 8.57. The maximum Gasteiger partial charge on any atom is 0.342 e. The van der Waals surface area contributed by atoms with Crippen LogP contribution >= 0.6 is 11.3 Å². The third-order valence-electron chi connectivity index (χ3n) is 3.92. The molecule has 2 aromatic heterocycles. The minimum atomic E-state index is -0.404. The summed E-state index contributed by atoms with van der Waals surface area (Å²) in [7, 11) is 0. The van der Waals surface area contributed by atoms with Crippen LogP contribution in [-0.2, 0) is 22.5 Å². The lowest BCUT2D eigenvalue weighted by molar-refractivity contribution is -0.0379. The molecule has 0 saturated heterocycles. The Morgan fingerprint density at radius 3 is 2.91 bits per heavy atom. The van der Waals surface area contributed by atoms with Gasteiger partial charge in [-0.05, 0) is 33.3 Å². The van der Waals surface area contributed by atoms with Crippen LogP contribution in [0, 0.1) is 6.92 Å². The number of fused-ring (bicyclic) bond motifs is 3. The minimum Gasteiger partial charge on any atom is -0.462 e. The van der Waals surface area contributed by atoms with Crippen molar-refractivity contribution >= 4 is 33.2 Å². The van der Waals surface area contributed by atoms with Gasteiger partial charge in [0.2, 0.25) is 0 Å². The van der Waals surface area contributed by atoms with Gasteiger partial charge in [0, 0.05) is 16.7 Å². The van der Waals surface area contributed by atoms with E-state index in [0.29, 0.717) is 30.2 Å². The molecule has 0 bridgehead atoms. The molecule has 3 heterocycles. The van der Waals surface area contributed by atoms with Gasteiger partial charge in [-0.3, -0.25) is 0 Å². The van der Waals surface area contributed by atoms with Gasteiger partial charge in [-0.2, -0.15) is 0 Å². The largest absolute Gasteiger partial charge is 0.462 e. The first kappa shape index (κ1) is 15.2. The van der Waals surface area contributed by atoms with Gasteiger partial charge in [-0.25, -0.2) is 9.78 Å². The van der Waals surface area contributed by atoms with E-state index in [1.54, 1.807) is 25.2 Å².